The van der Waals surface area contributed by atoms with Crippen LogP contribution in [0.3, 0.4) is 0 Å². The Kier molecular flexibility index (Phi) is 4.39. The van der Waals surface area contributed by atoms with Crippen LogP contribution in [0.1, 0.15) is 70.9 Å². The molecule has 1 fully saturated rings. The van der Waals surface area contributed by atoms with Crippen molar-refractivity contribution in [3.8, 4) is 0 Å². The summed E-state index contributed by atoms with van der Waals surface area (Å²) < 4.78 is 5.70. The van der Waals surface area contributed by atoms with Crippen molar-refractivity contribution in [2.75, 3.05) is 0 Å². The maximum Gasteiger partial charge on any atom is 0.120 e. The molecule has 0 spiro atoms. The molecule has 0 amide bonds. The summed E-state index contributed by atoms with van der Waals surface area (Å²) in [7, 11) is 0. The summed E-state index contributed by atoms with van der Waals surface area (Å²) >= 11 is 0. The molecule has 108 valence electrons. The van der Waals surface area contributed by atoms with Crippen LogP contribution >= 0.6 is 0 Å². The molecule has 2 nitrogen and oxygen atoms in total. The predicted molar refractivity (Wildman–Crippen MR) is 80.2 cm³/mol. The monoisotopic (exact) mass is 263 g/mol. The fourth-order valence-corrected chi connectivity index (χ4v) is 3.25. The second-order valence-electron chi connectivity index (χ2n) is 7.25. The summed E-state index contributed by atoms with van der Waals surface area (Å²) in [6.07, 6.45) is 5.30. The van der Waals surface area contributed by atoms with Gasteiger partial charge in [-0.2, -0.15) is 0 Å². The number of furan rings is 1. The van der Waals surface area contributed by atoms with Crippen molar-refractivity contribution >= 4 is 0 Å². The normalized spacial score (nSPS) is 26.4. The average Bonchev–Trinajstić information content (AvgIpc) is 2.75. The molecule has 2 heteroatoms. The Morgan fingerprint density at radius 3 is 2.26 bits per heavy atom. The zero-order valence-electron chi connectivity index (χ0n) is 13.1. The van der Waals surface area contributed by atoms with Gasteiger partial charge in [0.2, 0.25) is 0 Å². The number of aryl methyl sites for hydroxylation is 1. The van der Waals surface area contributed by atoms with Gasteiger partial charge in [0.25, 0.3) is 0 Å². The fourth-order valence-electron chi connectivity index (χ4n) is 3.25. The summed E-state index contributed by atoms with van der Waals surface area (Å²) in [6.45, 7) is 11.3. The first-order valence-corrected chi connectivity index (χ1v) is 7.68. The van der Waals surface area contributed by atoms with E-state index in [4.69, 9.17) is 4.42 Å². The van der Waals surface area contributed by atoms with Crippen molar-refractivity contribution in [2.24, 2.45) is 11.3 Å². The van der Waals surface area contributed by atoms with Gasteiger partial charge in [0.15, 0.2) is 0 Å². The zero-order chi connectivity index (χ0) is 14.0. The first-order chi connectivity index (χ1) is 8.86. The van der Waals surface area contributed by atoms with Gasteiger partial charge in [-0.3, -0.25) is 0 Å². The molecule has 2 rings (SSSR count). The Morgan fingerprint density at radius 2 is 1.79 bits per heavy atom. The molecule has 1 unspecified atom stereocenters. The number of hydrogen-bond donors (Lipinski definition) is 1. The molecule has 0 aromatic carbocycles. The van der Waals surface area contributed by atoms with E-state index in [1.165, 1.54) is 25.7 Å². The van der Waals surface area contributed by atoms with Crippen molar-refractivity contribution in [1.29, 1.82) is 0 Å². The molecule has 1 saturated carbocycles. The van der Waals surface area contributed by atoms with E-state index < -0.39 is 0 Å². The molecule has 1 aliphatic rings. The molecule has 1 heterocycles. The molecule has 1 atom stereocenters. The van der Waals surface area contributed by atoms with Gasteiger partial charge < -0.3 is 9.73 Å². The molecule has 0 radical (unpaired) electrons. The van der Waals surface area contributed by atoms with E-state index in [9.17, 15) is 0 Å². The van der Waals surface area contributed by atoms with E-state index in [1.54, 1.807) is 0 Å². The zero-order valence-corrected chi connectivity index (χ0v) is 13.1. The van der Waals surface area contributed by atoms with Crippen molar-refractivity contribution in [3.63, 3.8) is 0 Å². The summed E-state index contributed by atoms with van der Waals surface area (Å²) in [5.74, 6) is 2.95. The van der Waals surface area contributed by atoms with E-state index in [-0.39, 0.29) is 0 Å². The van der Waals surface area contributed by atoms with Gasteiger partial charge in [-0.15, -0.1) is 0 Å². The van der Waals surface area contributed by atoms with Crippen LogP contribution < -0.4 is 5.32 Å². The van der Waals surface area contributed by atoms with Gasteiger partial charge in [0, 0.05) is 6.04 Å². The summed E-state index contributed by atoms with van der Waals surface area (Å²) in [6, 6.07) is 5.11. The van der Waals surface area contributed by atoms with E-state index in [2.05, 4.69) is 39.1 Å². The van der Waals surface area contributed by atoms with Crippen LogP contribution in [0.15, 0.2) is 16.5 Å². The molecule has 1 aromatic rings. The van der Waals surface area contributed by atoms with Crippen LogP contribution in [0.2, 0.25) is 0 Å². The maximum absolute atomic E-state index is 5.70. The molecule has 1 N–H and O–H groups in total. The van der Waals surface area contributed by atoms with E-state index in [0.29, 0.717) is 17.5 Å². The Balaban J connectivity index is 1.82. The topological polar surface area (TPSA) is 25.2 Å². The highest BCUT2D eigenvalue weighted by Crippen LogP contribution is 2.38. The third-order valence-electron chi connectivity index (χ3n) is 4.63. The first kappa shape index (κ1) is 14.6. The Labute approximate surface area is 118 Å². The molecule has 1 aromatic heterocycles. The fraction of sp³-hybridized carbons (Fsp3) is 0.765. The van der Waals surface area contributed by atoms with Crippen molar-refractivity contribution in [3.05, 3.63) is 23.7 Å². The molecule has 0 aliphatic heterocycles. The second-order valence-corrected chi connectivity index (χ2v) is 7.25. The maximum atomic E-state index is 5.70. The van der Waals surface area contributed by atoms with E-state index >= 15 is 0 Å². The standard InChI is InChI=1S/C17H29NO/c1-12-6-11-16(19-12)13(2)18-15-9-7-14(8-10-15)17(3,4)5/h6,11,13-15,18H,7-10H2,1-5H3. The van der Waals surface area contributed by atoms with Crippen LogP contribution in [0.25, 0.3) is 0 Å². The minimum absolute atomic E-state index is 0.324. The molecule has 0 bridgehead atoms. The number of nitrogens with one attached hydrogen (secondary N) is 1. The lowest BCUT2D eigenvalue weighted by atomic mass is 9.71. The molecule has 1 aliphatic carbocycles. The predicted octanol–water partition coefficient (Wildman–Crippen LogP) is 4.84. The van der Waals surface area contributed by atoms with Crippen LogP contribution in [-0.4, -0.2) is 6.04 Å². The molecular formula is C17H29NO. The Bertz CT molecular complexity index is 394. The van der Waals surface area contributed by atoms with E-state index in [1.807, 2.05) is 13.0 Å². The van der Waals surface area contributed by atoms with Crippen LogP contribution in [0, 0.1) is 18.3 Å². The lowest BCUT2D eigenvalue weighted by Gasteiger charge is -2.37. The number of hydrogen-bond acceptors (Lipinski definition) is 2. The molecule has 0 saturated heterocycles. The van der Waals surface area contributed by atoms with Crippen LogP contribution in [-0.2, 0) is 0 Å². The SMILES string of the molecule is Cc1ccc(C(C)NC2CCC(C(C)(C)C)CC2)o1. The highest BCUT2D eigenvalue weighted by atomic mass is 16.3. The quantitative estimate of drug-likeness (QED) is 0.844. The van der Waals surface area contributed by atoms with Gasteiger partial charge >= 0.3 is 0 Å². The largest absolute Gasteiger partial charge is 0.465 e. The second kappa shape index (κ2) is 5.70. The third kappa shape index (κ3) is 3.85. The number of rotatable bonds is 3. The Morgan fingerprint density at radius 1 is 1.16 bits per heavy atom. The third-order valence-corrected chi connectivity index (χ3v) is 4.63. The highest BCUT2D eigenvalue weighted by Gasteiger charge is 2.30. The lowest BCUT2D eigenvalue weighted by molar-refractivity contribution is 0.155. The summed E-state index contributed by atoms with van der Waals surface area (Å²) in [4.78, 5) is 0. The average molecular weight is 263 g/mol. The summed E-state index contributed by atoms with van der Waals surface area (Å²) in [5, 5.41) is 3.73. The van der Waals surface area contributed by atoms with Crippen LogP contribution in [0.4, 0.5) is 0 Å². The van der Waals surface area contributed by atoms with Gasteiger partial charge in [-0.25, -0.2) is 0 Å². The Hall–Kier alpha value is -0.760. The highest BCUT2D eigenvalue weighted by molar-refractivity contribution is 5.09. The van der Waals surface area contributed by atoms with Crippen molar-refractivity contribution < 1.29 is 4.42 Å². The van der Waals surface area contributed by atoms with Crippen LogP contribution in [0.5, 0.6) is 0 Å². The minimum atomic E-state index is 0.324. The molecular weight excluding hydrogens is 234 g/mol. The first-order valence-electron chi connectivity index (χ1n) is 7.68. The summed E-state index contributed by atoms with van der Waals surface area (Å²) in [5.41, 5.74) is 0.467. The smallest absolute Gasteiger partial charge is 0.120 e. The van der Waals surface area contributed by atoms with Gasteiger partial charge in [0.05, 0.1) is 6.04 Å². The van der Waals surface area contributed by atoms with Crippen molar-refractivity contribution in [1.82, 2.24) is 5.32 Å². The van der Waals surface area contributed by atoms with E-state index in [0.717, 1.165) is 17.4 Å². The van der Waals surface area contributed by atoms with Gasteiger partial charge in [-0.1, -0.05) is 20.8 Å². The van der Waals surface area contributed by atoms with Crippen molar-refractivity contribution in [2.45, 2.75) is 72.4 Å². The van der Waals surface area contributed by atoms with Gasteiger partial charge in [-0.05, 0) is 63.0 Å². The van der Waals surface area contributed by atoms with Gasteiger partial charge in [0.1, 0.15) is 11.5 Å². The minimum Gasteiger partial charge on any atom is -0.465 e. The lowest BCUT2D eigenvalue weighted by Crippen LogP contribution is -2.37. The molecule has 19 heavy (non-hydrogen) atoms.